The average molecular weight is 468 g/mol. The number of aromatic nitrogens is 3. The van der Waals surface area contributed by atoms with Crippen LogP contribution in [0.3, 0.4) is 0 Å². The first-order valence-corrected chi connectivity index (χ1v) is 10.4. The highest BCUT2D eigenvalue weighted by molar-refractivity contribution is 7.99. The van der Waals surface area contributed by atoms with Crippen LogP contribution in [0, 0.1) is 5.82 Å². The molecule has 0 unspecified atom stereocenters. The number of carbonyl (C=O) groups excluding carboxylic acids is 2. The van der Waals surface area contributed by atoms with E-state index in [1.165, 1.54) is 18.2 Å². The predicted molar refractivity (Wildman–Crippen MR) is 116 cm³/mol. The molecule has 0 saturated carbocycles. The third kappa shape index (κ3) is 5.71. The van der Waals surface area contributed by atoms with E-state index in [1.54, 1.807) is 35.9 Å². The third-order valence-corrected chi connectivity index (χ3v) is 5.69. The maximum atomic E-state index is 13.6. The second kappa shape index (κ2) is 9.92. The first-order valence-electron chi connectivity index (χ1n) is 8.64. The summed E-state index contributed by atoms with van der Waals surface area (Å²) in [6.45, 7) is 0. The minimum Gasteiger partial charge on any atom is -0.325 e. The van der Waals surface area contributed by atoms with E-state index < -0.39 is 11.7 Å². The van der Waals surface area contributed by atoms with Crippen LogP contribution in [0.25, 0.3) is 0 Å². The van der Waals surface area contributed by atoms with Crippen LogP contribution < -0.4 is 10.6 Å². The lowest BCUT2D eigenvalue weighted by atomic mass is 10.3. The van der Waals surface area contributed by atoms with Gasteiger partial charge in [-0.15, -0.1) is 10.2 Å². The van der Waals surface area contributed by atoms with E-state index in [0.717, 1.165) is 11.8 Å². The first-order chi connectivity index (χ1) is 14.3. The van der Waals surface area contributed by atoms with Crippen LogP contribution in [0.4, 0.5) is 15.8 Å². The quantitative estimate of drug-likeness (QED) is 0.508. The molecule has 2 aromatic carbocycles. The number of nitrogens with zero attached hydrogens (tertiary/aromatic N) is 3. The summed E-state index contributed by atoms with van der Waals surface area (Å²) in [5.41, 5.74) is 0.622. The van der Waals surface area contributed by atoms with Gasteiger partial charge in [0.15, 0.2) is 5.16 Å². The van der Waals surface area contributed by atoms with Crippen molar-refractivity contribution in [1.82, 2.24) is 14.8 Å². The Labute approximate surface area is 186 Å². The van der Waals surface area contributed by atoms with Gasteiger partial charge in [-0.3, -0.25) is 9.59 Å². The van der Waals surface area contributed by atoms with Gasteiger partial charge in [0.25, 0.3) is 0 Å². The number of hydrogen-bond acceptors (Lipinski definition) is 5. The highest BCUT2D eigenvalue weighted by atomic mass is 35.5. The van der Waals surface area contributed by atoms with Crippen molar-refractivity contribution in [3.05, 3.63) is 64.2 Å². The molecule has 156 valence electrons. The standard InChI is InChI=1S/C19H16Cl2FN5O2S/c1-27-16(9-17(28)24-15-5-3-2-4-14(15)22)25-26-19(27)30-10-18(29)23-11-6-7-12(20)13(21)8-11/h2-8H,9-10H2,1H3,(H,23,29)(H,24,28). The molecular weight excluding hydrogens is 452 g/mol. The van der Waals surface area contributed by atoms with Gasteiger partial charge in [-0.1, -0.05) is 47.1 Å². The molecule has 0 aliphatic heterocycles. The van der Waals surface area contributed by atoms with E-state index >= 15 is 0 Å². The zero-order valence-corrected chi connectivity index (χ0v) is 18.0. The minimum absolute atomic E-state index is 0.0770. The summed E-state index contributed by atoms with van der Waals surface area (Å²) in [7, 11) is 1.69. The fourth-order valence-electron chi connectivity index (χ4n) is 2.43. The van der Waals surface area contributed by atoms with Gasteiger partial charge in [0.1, 0.15) is 11.6 Å². The van der Waals surface area contributed by atoms with Crippen molar-refractivity contribution in [3.63, 3.8) is 0 Å². The molecule has 7 nitrogen and oxygen atoms in total. The Bertz CT molecular complexity index is 1090. The largest absolute Gasteiger partial charge is 0.325 e. The molecule has 2 amide bonds. The maximum Gasteiger partial charge on any atom is 0.234 e. The first kappa shape index (κ1) is 22.1. The Morgan fingerprint density at radius 3 is 2.57 bits per heavy atom. The number of nitrogens with one attached hydrogen (secondary N) is 2. The molecule has 2 N–H and O–H groups in total. The summed E-state index contributed by atoms with van der Waals surface area (Å²) in [4.78, 5) is 24.3. The summed E-state index contributed by atoms with van der Waals surface area (Å²) in [5.74, 6) is -0.748. The van der Waals surface area contributed by atoms with Gasteiger partial charge in [-0.2, -0.15) is 0 Å². The van der Waals surface area contributed by atoms with Crippen LogP contribution in [0.5, 0.6) is 0 Å². The van der Waals surface area contributed by atoms with Crippen molar-refractivity contribution < 1.29 is 14.0 Å². The number of hydrogen-bond donors (Lipinski definition) is 2. The molecule has 0 radical (unpaired) electrons. The van der Waals surface area contributed by atoms with Gasteiger partial charge in [-0.05, 0) is 30.3 Å². The molecule has 0 saturated heterocycles. The minimum atomic E-state index is -0.520. The monoisotopic (exact) mass is 467 g/mol. The lowest BCUT2D eigenvalue weighted by Crippen LogP contribution is -2.18. The van der Waals surface area contributed by atoms with Gasteiger partial charge >= 0.3 is 0 Å². The molecule has 30 heavy (non-hydrogen) atoms. The number of benzene rings is 2. The molecule has 0 spiro atoms. The zero-order valence-electron chi connectivity index (χ0n) is 15.7. The van der Waals surface area contributed by atoms with Crippen LogP contribution in [0.1, 0.15) is 5.82 Å². The molecule has 0 bridgehead atoms. The van der Waals surface area contributed by atoms with Crippen LogP contribution >= 0.6 is 35.0 Å². The van der Waals surface area contributed by atoms with Crippen LogP contribution in [-0.2, 0) is 23.1 Å². The Hall–Kier alpha value is -2.62. The molecule has 1 heterocycles. The molecule has 0 atom stereocenters. The summed E-state index contributed by atoms with van der Waals surface area (Å²) in [5, 5.41) is 14.4. The Kier molecular flexibility index (Phi) is 7.30. The lowest BCUT2D eigenvalue weighted by molar-refractivity contribution is -0.116. The highest BCUT2D eigenvalue weighted by Crippen LogP contribution is 2.25. The van der Waals surface area contributed by atoms with Crippen molar-refractivity contribution in [2.24, 2.45) is 7.05 Å². The van der Waals surface area contributed by atoms with Gasteiger partial charge in [-0.25, -0.2) is 4.39 Å². The second-order valence-corrected chi connectivity index (χ2v) is 7.89. The Balaban J connectivity index is 1.54. The average Bonchev–Trinajstić information content (AvgIpc) is 3.04. The molecule has 0 fully saturated rings. The van der Waals surface area contributed by atoms with E-state index in [4.69, 9.17) is 23.2 Å². The number of anilines is 2. The maximum absolute atomic E-state index is 13.6. The molecule has 1 aromatic heterocycles. The predicted octanol–water partition coefficient (Wildman–Crippen LogP) is 4.17. The number of rotatable bonds is 7. The Morgan fingerprint density at radius 1 is 1.07 bits per heavy atom. The summed E-state index contributed by atoms with van der Waals surface area (Å²) in [6, 6.07) is 10.7. The smallest absolute Gasteiger partial charge is 0.234 e. The van der Waals surface area contributed by atoms with E-state index in [2.05, 4.69) is 20.8 Å². The van der Waals surface area contributed by atoms with E-state index in [-0.39, 0.29) is 23.8 Å². The topological polar surface area (TPSA) is 88.9 Å². The van der Waals surface area contributed by atoms with E-state index in [1.807, 2.05) is 0 Å². The van der Waals surface area contributed by atoms with Crippen LogP contribution in [0.15, 0.2) is 47.6 Å². The number of carbonyl (C=O) groups is 2. The van der Waals surface area contributed by atoms with Gasteiger partial charge in [0.05, 0.1) is 27.9 Å². The van der Waals surface area contributed by atoms with Crippen LogP contribution in [-0.4, -0.2) is 32.3 Å². The number of halogens is 3. The zero-order chi connectivity index (χ0) is 21.7. The number of para-hydroxylation sites is 1. The van der Waals surface area contributed by atoms with E-state index in [9.17, 15) is 14.0 Å². The number of thioether (sulfide) groups is 1. The van der Waals surface area contributed by atoms with Crippen molar-refractivity contribution >= 4 is 58.2 Å². The second-order valence-electron chi connectivity index (χ2n) is 6.13. The Morgan fingerprint density at radius 2 is 1.83 bits per heavy atom. The molecule has 0 aliphatic carbocycles. The van der Waals surface area contributed by atoms with Gasteiger partial charge in [0, 0.05) is 12.7 Å². The normalized spacial score (nSPS) is 10.7. The van der Waals surface area contributed by atoms with Crippen molar-refractivity contribution in [2.45, 2.75) is 11.6 Å². The number of amides is 2. The summed E-state index contributed by atoms with van der Waals surface area (Å²) >= 11 is 12.9. The molecule has 0 aliphatic rings. The molecule has 3 rings (SSSR count). The van der Waals surface area contributed by atoms with E-state index in [0.29, 0.717) is 26.7 Å². The highest BCUT2D eigenvalue weighted by Gasteiger charge is 2.15. The van der Waals surface area contributed by atoms with Crippen LogP contribution in [0.2, 0.25) is 10.0 Å². The van der Waals surface area contributed by atoms with Crippen molar-refractivity contribution in [1.29, 1.82) is 0 Å². The van der Waals surface area contributed by atoms with Gasteiger partial charge < -0.3 is 15.2 Å². The SMILES string of the molecule is Cn1c(CC(=O)Nc2ccccc2F)nnc1SCC(=O)Nc1ccc(Cl)c(Cl)c1. The fraction of sp³-hybridized carbons (Fsp3) is 0.158. The fourth-order valence-corrected chi connectivity index (χ4v) is 3.45. The van der Waals surface area contributed by atoms with Gasteiger partial charge in [0.2, 0.25) is 11.8 Å². The van der Waals surface area contributed by atoms with Crippen molar-refractivity contribution in [3.8, 4) is 0 Å². The summed E-state index contributed by atoms with van der Waals surface area (Å²) < 4.78 is 15.3. The van der Waals surface area contributed by atoms with Crippen molar-refractivity contribution in [2.75, 3.05) is 16.4 Å². The molecule has 11 heteroatoms. The molecule has 3 aromatic rings. The third-order valence-electron chi connectivity index (χ3n) is 3.93. The summed E-state index contributed by atoms with van der Waals surface area (Å²) in [6.07, 6.45) is -0.0894. The lowest BCUT2D eigenvalue weighted by Gasteiger charge is -2.07. The molecular formula is C19H16Cl2FN5O2S.